The molecule has 0 amide bonds. The fraction of sp³-hybridized carbons (Fsp3) is 0.238. The number of ether oxygens (including phenoxy) is 1. The van der Waals surface area contributed by atoms with Gasteiger partial charge in [-0.25, -0.2) is 14.6 Å². The van der Waals surface area contributed by atoms with Crippen LogP contribution >= 0.6 is 23.2 Å². The Hall–Kier alpha value is -2.90. The summed E-state index contributed by atoms with van der Waals surface area (Å²) in [5.41, 5.74) is 2.14. The number of fused-ring (bicyclic) bond motifs is 1. The Bertz CT molecular complexity index is 1330. The summed E-state index contributed by atoms with van der Waals surface area (Å²) in [6.07, 6.45) is 1.96. The Morgan fingerprint density at radius 1 is 1.10 bits per heavy atom. The van der Waals surface area contributed by atoms with E-state index in [4.69, 9.17) is 32.5 Å². The Morgan fingerprint density at radius 2 is 1.90 bits per heavy atom. The van der Waals surface area contributed by atoms with E-state index in [0.717, 1.165) is 26.8 Å². The third-order valence-corrected chi connectivity index (χ3v) is 5.51. The molecule has 0 saturated heterocycles. The fourth-order valence-corrected chi connectivity index (χ4v) is 3.64. The highest BCUT2D eigenvalue weighted by atomic mass is 35.5. The number of aromatic nitrogens is 3. The number of aromatic amines is 1. The number of hydrogen-bond acceptors (Lipinski definition) is 4. The molecule has 2 aromatic carbocycles. The number of nitrogens with zero attached hydrogens (tertiary/aromatic N) is 2. The Balaban J connectivity index is 1.67. The minimum Gasteiger partial charge on any atom is -0.489 e. The van der Waals surface area contributed by atoms with Gasteiger partial charge < -0.3 is 13.8 Å². The van der Waals surface area contributed by atoms with Crippen molar-refractivity contribution in [3.05, 3.63) is 84.8 Å². The van der Waals surface area contributed by atoms with Gasteiger partial charge in [0.25, 0.3) is 0 Å². The van der Waals surface area contributed by atoms with E-state index in [1.54, 1.807) is 12.1 Å². The van der Waals surface area contributed by atoms with Crippen LogP contribution in [0.1, 0.15) is 31.0 Å². The monoisotopic (exact) mass is 447 g/mol. The summed E-state index contributed by atoms with van der Waals surface area (Å²) in [5, 5.41) is 1.88. The number of hydrogen-bond donors (Lipinski definition) is 1. The third kappa shape index (κ3) is 4.04. The smallest absolute Gasteiger partial charge is 0.440 e. The average molecular weight is 448 g/mol. The van der Waals surface area contributed by atoms with Crippen LogP contribution in [0.15, 0.2) is 56.7 Å². The van der Waals surface area contributed by atoms with Gasteiger partial charge in [-0.05, 0) is 49.7 Å². The molecular formula is C21H19Cl2N3O4. The van der Waals surface area contributed by atoms with Gasteiger partial charge in [0.2, 0.25) is 0 Å². The Morgan fingerprint density at radius 3 is 2.57 bits per heavy atom. The summed E-state index contributed by atoms with van der Waals surface area (Å²) in [6, 6.07) is 11.3. The molecule has 30 heavy (non-hydrogen) atoms. The maximum Gasteiger partial charge on any atom is 0.440 e. The van der Waals surface area contributed by atoms with Crippen LogP contribution in [0.5, 0.6) is 5.75 Å². The number of rotatable bonds is 6. The van der Waals surface area contributed by atoms with Crippen molar-refractivity contribution in [3.8, 4) is 5.75 Å². The van der Waals surface area contributed by atoms with E-state index >= 15 is 0 Å². The van der Waals surface area contributed by atoms with E-state index in [1.807, 2.05) is 30.5 Å². The second-order valence-corrected chi connectivity index (χ2v) is 8.03. The standard InChI is InChI=1S/C21H19Cl2N3O4/c1-12(2)25-9-14(10-26-20(27)24-21(28)30-26)16-8-15(4-6-19(16)25)29-11-13-3-5-17(22)18(23)7-13/h3-9,12H,10-11H2,1-2H3,(H,24,27,28). The van der Waals surface area contributed by atoms with Crippen LogP contribution in [0.4, 0.5) is 0 Å². The maximum absolute atomic E-state index is 11.9. The lowest BCUT2D eigenvalue weighted by Crippen LogP contribution is -2.17. The Labute approximate surface area is 181 Å². The molecule has 0 aliphatic heterocycles. The highest BCUT2D eigenvalue weighted by Crippen LogP contribution is 2.30. The lowest BCUT2D eigenvalue weighted by molar-refractivity contribution is 0.258. The first kappa shape index (κ1) is 20.4. The second-order valence-electron chi connectivity index (χ2n) is 7.22. The lowest BCUT2D eigenvalue weighted by Gasteiger charge is -2.10. The Kier molecular flexibility index (Phi) is 5.49. The first-order valence-electron chi connectivity index (χ1n) is 9.32. The van der Waals surface area contributed by atoms with Crippen LogP contribution in [0, 0.1) is 0 Å². The minimum absolute atomic E-state index is 0.129. The van der Waals surface area contributed by atoms with E-state index in [9.17, 15) is 9.59 Å². The molecule has 0 radical (unpaired) electrons. The molecule has 2 aromatic heterocycles. The molecule has 0 fully saturated rings. The van der Waals surface area contributed by atoms with Crippen molar-refractivity contribution in [1.29, 1.82) is 0 Å². The van der Waals surface area contributed by atoms with Crippen molar-refractivity contribution < 1.29 is 9.26 Å². The van der Waals surface area contributed by atoms with Gasteiger partial charge in [-0.3, -0.25) is 0 Å². The first-order valence-corrected chi connectivity index (χ1v) is 10.1. The summed E-state index contributed by atoms with van der Waals surface area (Å²) >= 11 is 12.0. The molecular weight excluding hydrogens is 429 g/mol. The predicted molar refractivity (Wildman–Crippen MR) is 116 cm³/mol. The van der Waals surface area contributed by atoms with Crippen molar-refractivity contribution in [1.82, 2.24) is 14.3 Å². The molecule has 4 aromatic rings. The molecule has 2 heterocycles. The van der Waals surface area contributed by atoms with Crippen molar-refractivity contribution in [2.24, 2.45) is 0 Å². The molecule has 0 unspecified atom stereocenters. The van der Waals surface area contributed by atoms with E-state index in [0.29, 0.717) is 22.4 Å². The van der Waals surface area contributed by atoms with E-state index in [2.05, 4.69) is 23.4 Å². The zero-order valence-electron chi connectivity index (χ0n) is 16.3. The molecule has 9 heteroatoms. The maximum atomic E-state index is 11.9. The first-order chi connectivity index (χ1) is 14.3. The zero-order chi connectivity index (χ0) is 21.4. The van der Waals surface area contributed by atoms with Crippen LogP contribution in [0.3, 0.4) is 0 Å². The molecule has 0 atom stereocenters. The van der Waals surface area contributed by atoms with Gasteiger partial charge in [0.05, 0.1) is 16.6 Å². The van der Waals surface area contributed by atoms with E-state index in [-0.39, 0.29) is 12.6 Å². The molecule has 0 aliphatic rings. The highest BCUT2D eigenvalue weighted by molar-refractivity contribution is 6.42. The van der Waals surface area contributed by atoms with Crippen molar-refractivity contribution in [2.45, 2.75) is 33.0 Å². The summed E-state index contributed by atoms with van der Waals surface area (Å²) < 4.78 is 14.0. The zero-order valence-corrected chi connectivity index (χ0v) is 17.8. The van der Waals surface area contributed by atoms with Gasteiger partial charge in [0.1, 0.15) is 12.4 Å². The molecule has 0 spiro atoms. The summed E-state index contributed by atoms with van der Waals surface area (Å²) in [5.74, 6) is -0.113. The quantitative estimate of drug-likeness (QED) is 0.468. The molecule has 156 valence electrons. The van der Waals surface area contributed by atoms with Gasteiger partial charge in [-0.1, -0.05) is 29.3 Å². The summed E-state index contributed by atoms with van der Waals surface area (Å²) in [7, 11) is 0. The number of nitrogens with one attached hydrogen (secondary N) is 1. The SMILES string of the molecule is CC(C)n1cc(Cn2oc(=O)[nH]c2=O)c2cc(OCc3ccc(Cl)c(Cl)c3)ccc21. The summed E-state index contributed by atoms with van der Waals surface area (Å²) in [6.45, 7) is 4.60. The molecule has 4 rings (SSSR count). The topological polar surface area (TPSA) is 82.2 Å². The van der Waals surface area contributed by atoms with Gasteiger partial charge in [-0.2, -0.15) is 0 Å². The van der Waals surface area contributed by atoms with E-state index in [1.165, 1.54) is 0 Å². The normalized spacial score (nSPS) is 11.5. The third-order valence-electron chi connectivity index (χ3n) is 4.78. The predicted octanol–water partition coefficient (Wildman–Crippen LogP) is 4.60. The van der Waals surface area contributed by atoms with E-state index < -0.39 is 11.4 Å². The molecule has 0 aliphatic carbocycles. The van der Waals surface area contributed by atoms with Crippen molar-refractivity contribution >= 4 is 34.1 Å². The van der Waals surface area contributed by atoms with Crippen molar-refractivity contribution in [3.63, 3.8) is 0 Å². The summed E-state index contributed by atoms with van der Waals surface area (Å²) in [4.78, 5) is 25.3. The average Bonchev–Trinajstić information content (AvgIpc) is 3.22. The minimum atomic E-state index is -0.779. The molecule has 1 N–H and O–H groups in total. The molecule has 7 nitrogen and oxygen atoms in total. The van der Waals surface area contributed by atoms with Crippen LogP contribution in [0.2, 0.25) is 10.0 Å². The van der Waals surface area contributed by atoms with Crippen LogP contribution in [-0.4, -0.2) is 14.3 Å². The van der Waals surface area contributed by atoms with Gasteiger partial charge in [0, 0.05) is 28.7 Å². The fourth-order valence-electron chi connectivity index (χ4n) is 3.32. The highest BCUT2D eigenvalue weighted by Gasteiger charge is 2.14. The molecule has 0 bridgehead atoms. The molecule has 0 saturated carbocycles. The van der Waals surface area contributed by atoms with Crippen LogP contribution in [-0.2, 0) is 13.2 Å². The number of H-pyrrole nitrogens is 1. The van der Waals surface area contributed by atoms with Crippen LogP contribution < -0.4 is 16.2 Å². The van der Waals surface area contributed by atoms with Gasteiger partial charge in [0.15, 0.2) is 0 Å². The number of benzene rings is 2. The second kappa shape index (κ2) is 8.08. The lowest BCUT2D eigenvalue weighted by atomic mass is 10.1. The van der Waals surface area contributed by atoms with Gasteiger partial charge >= 0.3 is 11.4 Å². The van der Waals surface area contributed by atoms with Gasteiger partial charge in [-0.15, -0.1) is 4.74 Å². The largest absolute Gasteiger partial charge is 0.489 e. The van der Waals surface area contributed by atoms with Crippen LogP contribution in [0.25, 0.3) is 10.9 Å². The number of halogens is 2. The van der Waals surface area contributed by atoms with Crippen molar-refractivity contribution in [2.75, 3.05) is 0 Å².